The Kier molecular flexibility index (Phi) is 4.15. The van der Waals surface area contributed by atoms with Gasteiger partial charge in [-0.1, -0.05) is 31.2 Å². The van der Waals surface area contributed by atoms with Crippen molar-refractivity contribution >= 4 is 5.91 Å². The molecular weight excluding hydrogens is 212 g/mol. The van der Waals surface area contributed by atoms with E-state index >= 15 is 0 Å². The van der Waals surface area contributed by atoms with E-state index in [0.29, 0.717) is 6.42 Å². The molecule has 1 aromatic carbocycles. The number of benzene rings is 1. The first-order valence-electron chi connectivity index (χ1n) is 6.36. The number of rotatable bonds is 4. The highest BCUT2D eigenvalue weighted by Gasteiger charge is 2.19. The molecule has 1 amide bonds. The standard InChI is InChI=1S/C14H20N2O/c1-2-15-9-7-14(17)16-10-8-12-5-3-4-6-13(12)11-16/h3-6,15H,2,7-11H2,1H3. The SMILES string of the molecule is CCNCCC(=O)N1CCc2ccccc2C1. The van der Waals surface area contributed by atoms with Gasteiger partial charge in [0.25, 0.3) is 0 Å². The van der Waals surface area contributed by atoms with E-state index in [1.807, 2.05) is 11.0 Å². The van der Waals surface area contributed by atoms with Gasteiger partial charge < -0.3 is 10.2 Å². The number of fused-ring (bicyclic) bond motifs is 1. The van der Waals surface area contributed by atoms with Crippen molar-refractivity contribution in [3.05, 3.63) is 35.4 Å². The summed E-state index contributed by atoms with van der Waals surface area (Å²) in [5.41, 5.74) is 2.69. The molecule has 0 unspecified atom stereocenters. The third kappa shape index (κ3) is 3.07. The maximum atomic E-state index is 12.0. The smallest absolute Gasteiger partial charge is 0.224 e. The molecule has 0 fully saturated rings. The van der Waals surface area contributed by atoms with Gasteiger partial charge in [0.2, 0.25) is 5.91 Å². The van der Waals surface area contributed by atoms with Crippen LogP contribution in [0.5, 0.6) is 0 Å². The lowest BCUT2D eigenvalue weighted by Gasteiger charge is -2.29. The number of nitrogens with zero attached hydrogens (tertiary/aromatic N) is 1. The van der Waals surface area contributed by atoms with Gasteiger partial charge in [-0.3, -0.25) is 4.79 Å². The van der Waals surface area contributed by atoms with Crippen LogP contribution in [0, 0.1) is 0 Å². The Balaban J connectivity index is 1.91. The normalized spacial score (nSPS) is 14.5. The number of amides is 1. The van der Waals surface area contributed by atoms with Crippen LogP contribution in [0.1, 0.15) is 24.5 Å². The summed E-state index contributed by atoms with van der Waals surface area (Å²) in [7, 11) is 0. The zero-order valence-electron chi connectivity index (χ0n) is 10.4. The summed E-state index contributed by atoms with van der Waals surface area (Å²) in [5, 5.41) is 3.19. The molecule has 0 aromatic heterocycles. The highest BCUT2D eigenvalue weighted by molar-refractivity contribution is 5.76. The zero-order valence-corrected chi connectivity index (χ0v) is 10.4. The van der Waals surface area contributed by atoms with Crippen molar-refractivity contribution in [2.24, 2.45) is 0 Å². The molecule has 0 atom stereocenters. The molecule has 3 heteroatoms. The minimum absolute atomic E-state index is 0.264. The predicted octanol–water partition coefficient (Wildman–Crippen LogP) is 1.57. The highest BCUT2D eigenvalue weighted by Crippen LogP contribution is 2.18. The van der Waals surface area contributed by atoms with Gasteiger partial charge in [-0.2, -0.15) is 0 Å². The van der Waals surface area contributed by atoms with Crippen molar-refractivity contribution in [1.29, 1.82) is 0 Å². The lowest BCUT2D eigenvalue weighted by atomic mass is 10.00. The molecule has 0 saturated carbocycles. The largest absolute Gasteiger partial charge is 0.338 e. The Labute approximate surface area is 103 Å². The van der Waals surface area contributed by atoms with Crippen molar-refractivity contribution in [3.63, 3.8) is 0 Å². The van der Waals surface area contributed by atoms with Crippen LogP contribution < -0.4 is 5.32 Å². The number of carbonyl (C=O) groups is 1. The van der Waals surface area contributed by atoms with Gasteiger partial charge in [0.05, 0.1) is 0 Å². The first-order chi connectivity index (χ1) is 8.31. The third-order valence-corrected chi connectivity index (χ3v) is 3.25. The summed E-state index contributed by atoms with van der Waals surface area (Å²) in [6.07, 6.45) is 1.60. The van der Waals surface area contributed by atoms with Crippen molar-refractivity contribution in [2.45, 2.75) is 26.3 Å². The van der Waals surface area contributed by atoms with Gasteiger partial charge >= 0.3 is 0 Å². The molecule has 0 aliphatic carbocycles. The van der Waals surface area contributed by atoms with Crippen LogP contribution in [-0.2, 0) is 17.8 Å². The van der Waals surface area contributed by atoms with Crippen LogP contribution in [0.25, 0.3) is 0 Å². The minimum atomic E-state index is 0.264. The fourth-order valence-corrected chi connectivity index (χ4v) is 2.24. The van der Waals surface area contributed by atoms with Gasteiger partial charge in [-0.15, -0.1) is 0 Å². The Morgan fingerprint density at radius 1 is 1.35 bits per heavy atom. The maximum absolute atomic E-state index is 12.0. The first kappa shape index (κ1) is 12.1. The lowest BCUT2D eigenvalue weighted by molar-refractivity contribution is -0.132. The monoisotopic (exact) mass is 232 g/mol. The van der Waals surface area contributed by atoms with Crippen LogP contribution >= 0.6 is 0 Å². The topological polar surface area (TPSA) is 32.3 Å². The van der Waals surface area contributed by atoms with E-state index in [1.54, 1.807) is 0 Å². The summed E-state index contributed by atoms with van der Waals surface area (Å²) in [6, 6.07) is 8.40. The average Bonchev–Trinajstić information content (AvgIpc) is 2.38. The van der Waals surface area contributed by atoms with Crippen molar-refractivity contribution < 1.29 is 4.79 Å². The Hall–Kier alpha value is -1.35. The summed E-state index contributed by atoms with van der Waals surface area (Å²) >= 11 is 0. The second-order valence-corrected chi connectivity index (χ2v) is 4.44. The van der Waals surface area contributed by atoms with Crippen LogP contribution in [0.15, 0.2) is 24.3 Å². The number of nitrogens with one attached hydrogen (secondary N) is 1. The first-order valence-corrected chi connectivity index (χ1v) is 6.36. The van der Waals surface area contributed by atoms with Crippen molar-refractivity contribution in [2.75, 3.05) is 19.6 Å². The second-order valence-electron chi connectivity index (χ2n) is 4.44. The molecule has 0 spiro atoms. The van der Waals surface area contributed by atoms with Gasteiger partial charge in [0, 0.05) is 26.1 Å². The third-order valence-electron chi connectivity index (χ3n) is 3.25. The van der Waals surface area contributed by atoms with Crippen LogP contribution in [0.4, 0.5) is 0 Å². The maximum Gasteiger partial charge on any atom is 0.224 e. The summed E-state index contributed by atoms with van der Waals surface area (Å²) < 4.78 is 0. The quantitative estimate of drug-likeness (QED) is 0.799. The van der Waals surface area contributed by atoms with Gasteiger partial charge in [0.15, 0.2) is 0 Å². The van der Waals surface area contributed by atoms with E-state index in [4.69, 9.17) is 0 Å². The minimum Gasteiger partial charge on any atom is -0.338 e. The van der Waals surface area contributed by atoms with E-state index < -0.39 is 0 Å². The van der Waals surface area contributed by atoms with Crippen molar-refractivity contribution in [1.82, 2.24) is 10.2 Å². The molecular formula is C14H20N2O. The van der Waals surface area contributed by atoms with E-state index in [2.05, 4.69) is 30.4 Å². The Bertz CT molecular complexity index is 390. The van der Waals surface area contributed by atoms with Gasteiger partial charge in [-0.05, 0) is 24.1 Å². The van der Waals surface area contributed by atoms with E-state index in [-0.39, 0.29) is 5.91 Å². The summed E-state index contributed by atoms with van der Waals surface area (Å²) in [5.74, 6) is 0.264. The molecule has 0 bridgehead atoms. The summed E-state index contributed by atoms with van der Waals surface area (Å²) in [4.78, 5) is 13.9. The molecule has 0 saturated heterocycles. The van der Waals surface area contributed by atoms with E-state index in [0.717, 1.165) is 32.6 Å². The molecule has 1 heterocycles. The van der Waals surface area contributed by atoms with Crippen molar-refractivity contribution in [3.8, 4) is 0 Å². The van der Waals surface area contributed by atoms with Crippen LogP contribution in [0.2, 0.25) is 0 Å². The van der Waals surface area contributed by atoms with Gasteiger partial charge in [0.1, 0.15) is 0 Å². The molecule has 1 N–H and O–H groups in total. The predicted molar refractivity (Wildman–Crippen MR) is 68.7 cm³/mol. The van der Waals surface area contributed by atoms with E-state index in [9.17, 15) is 4.79 Å². The number of hydrogen-bond acceptors (Lipinski definition) is 2. The Morgan fingerprint density at radius 2 is 2.12 bits per heavy atom. The number of carbonyl (C=O) groups excluding carboxylic acids is 1. The Morgan fingerprint density at radius 3 is 2.88 bits per heavy atom. The fourth-order valence-electron chi connectivity index (χ4n) is 2.24. The molecule has 1 aromatic rings. The number of hydrogen-bond donors (Lipinski definition) is 1. The fraction of sp³-hybridized carbons (Fsp3) is 0.500. The molecule has 17 heavy (non-hydrogen) atoms. The van der Waals surface area contributed by atoms with Crippen LogP contribution in [-0.4, -0.2) is 30.4 Å². The molecule has 0 radical (unpaired) electrons. The molecule has 92 valence electrons. The molecule has 3 nitrogen and oxygen atoms in total. The summed E-state index contributed by atoms with van der Waals surface area (Å²) in [6.45, 7) is 5.41. The molecule has 1 aliphatic heterocycles. The molecule has 2 rings (SSSR count). The van der Waals surface area contributed by atoms with Crippen LogP contribution in [0.3, 0.4) is 0 Å². The van der Waals surface area contributed by atoms with Gasteiger partial charge in [-0.25, -0.2) is 0 Å². The lowest BCUT2D eigenvalue weighted by Crippen LogP contribution is -2.37. The molecule has 1 aliphatic rings. The highest BCUT2D eigenvalue weighted by atomic mass is 16.2. The zero-order chi connectivity index (χ0) is 12.1. The van der Waals surface area contributed by atoms with E-state index in [1.165, 1.54) is 11.1 Å². The second kappa shape index (κ2) is 5.82. The average molecular weight is 232 g/mol.